The second-order valence-corrected chi connectivity index (χ2v) is 10.1. The van der Waals surface area contributed by atoms with Gasteiger partial charge in [0.05, 0.1) is 12.7 Å². The number of imidazole rings is 1. The minimum atomic E-state index is -0.399. The van der Waals surface area contributed by atoms with Gasteiger partial charge in [-0.05, 0) is 73.7 Å². The van der Waals surface area contributed by atoms with Gasteiger partial charge in [-0.1, -0.05) is 57.2 Å². The molecule has 1 aliphatic carbocycles. The lowest BCUT2D eigenvalue weighted by Crippen LogP contribution is -2.23. The van der Waals surface area contributed by atoms with Gasteiger partial charge < -0.3 is 14.8 Å². The quantitative estimate of drug-likeness (QED) is 0.134. The van der Waals surface area contributed by atoms with Crippen molar-refractivity contribution in [2.75, 3.05) is 12.4 Å². The highest BCUT2D eigenvalue weighted by molar-refractivity contribution is 5.91. The van der Waals surface area contributed by atoms with Gasteiger partial charge in [0.2, 0.25) is 0 Å². The normalized spacial score (nSPS) is 13.9. The fraction of sp³-hybridized carbons (Fsp3) is 0.375. The number of nitrogens with one attached hydrogen (secondary N) is 1. The van der Waals surface area contributed by atoms with E-state index in [4.69, 9.17) is 14.5 Å². The first-order chi connectivity index (χ1) is 18.7. The molecule has 0 aliphatic heterocycles. The van der Waals surface area contributed by atoms with Gasteiger partial charge in [0.25, 0.3) is 0 Å². The summed E-state index contributed by atoms with van der Waals surface area (Å²) in [7, 11) is 1.59. The maximum absolute atomic E-state index is 12.9. The number of fused-ring (bicyclic) bond motifs is 1. The minimum Gasteiger partial charge on any atom is -0.493 e. The molecule has 1 saturated carbocycles. The summed E-state index contributed by atoms with van der Waals surface area (Å²) in [5.74, 6) is 1.47. The highest BCUT2D eigenvalue weighted by Gasteiger charge is 2.21. The third kappa shape index (κ3) is 5.85. The van der Waals surface area contributed by atoms with Crippen molar-refractivity contribution in [2.45, 2.75) is 70.8 Å². The van der Waals surface area contributed by atoms with Gasteiger partial charge in [-0.2, -0.15) is 0 Å². The van der Waals surface area contributed by atoms with Gasteiger partial charge in [0, 0.05) is 17.8 Å². The second kappa shape index (κ2) is 12.2. The van der Waals surface area contributed by atoms with Crippen LogP contribution in [0.25, 0.3) is 16.9 Å². The van der Waals surface area contributed by atoms with Gasteiger partial charge in [0.15, 0.2) is 11.5 Å². The Labute approximate surface area is 225 Å². The van der Waals surface area contributed by atoms with E-state index in [1.165, 1.54) is 37.7 Å². The highest BCUT2D eigenvalue weighted by atomic mass is 16.6. The van der Waals surface area contributed by atoms with Gasteiger partial charge >= 0.3 is 5.97 Å². The Hall–Kier alpha value is -3.80. The number of esters is 1. The number of unbranched alkanes of at least 4 members (excludes halogenated alkanes) is 2. The van der Waals surface area contributed by atoms with Gasteiger partial charge in [0.1, 0.15) is 17.2 Å². The number of pyridine rings is 1. The largest absolute Gasteiger partial charge is 0.493 e. The summed E-state index contributed by atoms with van der Waals surface area (Å²) < 4.78 is 13.5. The molecular formula is C32H37N3O3. The first kappa shape index (κ1) is 25.8. The zero-order valence-electron chi connectivity index (χ0n) is 22.4. The van der Waals surface area contributed by atoms with Crippen LogP contribution >= 0.6 is 0 Å². The molecule has 38 heavy (non-hydrogen) atoms. The molecule has 2 aromatic carbocycles. The van der Waals surface area contributed by atoms with E-state index in [0.29, 0.717) is 23.1 Å². The SMILES string of the molecule is CCCCCc1ccc(C(=O)Oc2ccc(-c3nc4ccccn4c3NC3CCCCC3)cc2OC)cc1. The lowest BCUT2D eigenvalue weighted by molar-refractivity contribution is 0.0729. The number of carbonyl (C=O) groups is 1. The van der Waals surface area contributed by atoms with Crippen LogP contribution < -0.4 is 14.8 Å². The van der Waals surface area contributed by atoms with Crippen molar-refractivity contribution >= 4 is 17.4 Å². The molecule has 0 atom stereocenters. The third-order valence-corrected chi connectivity index (χ3v) is 7.37. The van der Waals surface area contributed by atoms with Crippen LogP contribution in [0.3, 0.4) is 0 Å². The van der Waals surface area contributed by atoms with Crippen LogP contribution in [0.15, 0.2) is 66.9 Å². The molecule has 0 amide bonds. The van der Waals surface area contributed by atoms with Crippen molar-refractivity contribution in [3.8, 4) is 22.8 Å². The summed E-state index contributed by atoms with van der Waals surface area (Å²) >= 11 is 0. The van der Waals surface area contributed by atoms with Crippen LogP contribution in [0.2, 0.25) is 0 Å². The third-order valence-electron chi connectivity index (χ3n) is 7.37. The van der Waals surface area contributed by atoms with Crippen LogP contribution in [-0.4, -0.2) is 28.5 Å². The van der Waals surface area contributed by atoms with Crippen LogP contribution in [0, 0.1) is 0 Å². The number of hydrogen-bond donors (Lipinski definition) is 1. The van der Waals surface area contributed by atoms with E-state index >= 15 is 0 Å². The predicted molar refractivity (Wildman–Crippen MR) is 152 cm³/mol. The molecule has 1 fully saturated rings. The predicted octanol–water partition coefficient (Wildman–Crippen LogP) is 7.71. The fourth-order valence-electron chi connectivity index (χ4n) is 5.22. The molecule has 6 heteroatoms. The number of aryl methyl sites for hydroxylation is 1. The molecule has 0 saturated heterocycles. The number of ether oxygens (including phenoxy) is 2. The molecule has 0 spiro atoms. The molecule has 6 nitrogen and oxygen atoms in total. The fourth-order valence-corrected chi connectivity index (χ4v) is 5.22. The van der Waals surface area contributed by atoms with Crippen molar-refractivity contribution in [2.24, 2.45) is 0 Å². The van der Waals surface area contributed by atoms with Crippen LogP contribution in [0.4, 0.5) is 5.82 Å². The number of hydrogen-bond acceptors (Lipinski definition) is 5. The minimum absolute atomic E-state index is 0.388. The van der Waals surface area contributed by atoms with Crippen LogP contribution in [0.5, 0.6) is 11.5 Å². The van der Waals surface area contributed by atoms with E-state index in [2.05, 4.69) is 16.6 Å². The first-order valence-corrected chi connectivity index (χ1v) is 13.9. The summed E-state index contributed by atoms with van der Waals surface area (Å²) in [4.78, 5) is 17.8. The first-order valence-electron chi connectivity index (χ1n) is 13.9. The Bertz CT molecular complexity index is 1370. The van der Waals surface area contributed by atoms with Gasteiger partial charge in [-0.25, -0.2) is 9.78 Å². The molecule has 2 heterocycles. The molecular weight excluding hydrogens is 474 g/mol. The van der Waals surface area contributed by atoms with E-state index < -0.39 is 5.97 Å². The topological polar surface area (TPSA) is 64.9 Å². The molecule has 0 unspecified atom stereocenters. The maximum atomic E-state index is 12.9. The number of benzene rings is 2. The Kier molecular flexibility index (Phi) is 8.27. The number of methoxy groups -OCH3 is 1. The molecule has 1 aliphatic rings. The molecule has 0 bridgehead atoms. The summed E-state index contributed by atoms with van der Waals surface area (Å²) in [6.07, 6.45) is 12.8. The maximum Gasteiger partial charge on any atom is 0.343 e. The average Bonchev–Trinajstić information content (AvgIpc) is 3.32. The van der Waals surface area contributed by atoms with E-state index in [1.807, 2.05) is 60.8 Å². The van der Waals surface area contributed by atoms with E-state index in [-0.39, 0.29) is 0 Å². The lowest BCUT2D eigenvalue weighted by Gasteiger charge is -2.24. The van der Waals surface area contributed by atoms with Crippen molar-refractivity contribution in [1.29, 1.82) is 0 Å². The van der Waals surface area contributed by atoms with Crippen molar-refractivity contribution < 1.29 is 14.3 Å². The molecule has 2 aromatic heterocycles. The summed E-state index contributed by atoms with van der Waals surface area (Å²) in [5, 5.41) is 3.77. The van der Waals surface area contributed by atoms with Gasteiger partial charge in [-0.15, -0.1) is 0 Å². The zero-order valence-corrected chi connectivity index (χ0v) is 22.4. The number of anilines is 1. The summed E-state index contributed by atoms with van der Waals surface area (Å²) in [5.41, 5.74) is 4.40. The van der Waals surface area contributed by atoms with E-state index in [1.54, 1.807) is 13.2 Å². The number of rotatable bonds is 10. The Morgan fingerprint density at radius 1 is 1.00 bits per heavy atom. The number of carbonyl (C=O) groups excluding carboxylic acids is 1. The Morgan fingerprint density at radius 2 is 1.82 bits per heavy atom. The molecule has 5 rings (SSSR count). The zero-order chi connectivity index (χ0) is 26.3. The van der Waals surface area contributed by atoms with Crippen LogP contribution in [-0.2, 0) is 6.42 Å². The molecule has 0 radical (unpaired) electrons. The molecule has 4 aromatic rings. The highest BCUT2D eigenvalue weighted by Crippen LogP contribution is 2.37. The van der Waals surface area contributed by atoms with Crippen molar-refractivity contribution in [3.05, 3.63) is 78.0 Å². The average molecular weight is 512 g/mol. The Balaban J connectivity index is 1.37. The van der Waals surface area contributed by atoms with Crippen molar-refractivity contribution in [3.63, 3.8) is 0 Å². The number of aromatic nitrogens is 2. The monoisotopic (exact) mass is 511 g/mol. The van der Waals surface area contributed by atoms with E-state index in [0.717, 1.165) is 48.4 Å². The summed E-state index contributed by atoms with van der Waals surface area (Å²) in [6, 6.07) is 19.8. The van der Waals surface area contributed by atoms with E-state index in [9.17, 15) is 4.79 Å². The summed E-state index contributed by atoms with van der Waals surface area (Å²) in [6.45, 7) is 2.20. The van der Waals surface area contributed by atoms with Crippen LogP contribution in [0.1, 0.15) is 74.2 Å². The van der Waals surface area contributed by atoms with Gasteiger partial charge in [-0.3, -0.25) is 4.40 Å². The molecule has 198 valence electrons. The standard InChI is InChI=1S/C32H37N3O3/c1-3-4-6-11-23-15-17-24(18-16-23)32(36)38-27-20-19-25(22-28(27)37-2)30-31(33-26-12-7-5-8-13-26)35-21-10-9-14-29(35)34-30/h9-10,14-22,26,33H,3-8,11-13H2,1-2H3. The second-order valence-electron chi connectivity index (χ2n) is 10.1. The molecule has 1 N–H and O–H groups in total. The lowest BCUT2D eigenvalue weighted by atomic mass is 9.95. The van der Waals surface area contributed by atoms with Crippen molar-refractivity contribution in [1.82, 2.24) is 9.38 Å². The Morgan fingerprint density at radius 3 is 2.58 bits per heavy atom. The smallest absolute Gasteiger partial charge is 0.343 e. The number of nitrogens with zero attached hydrogens (tertiary/aromatic N) is 2.